The van der Waals surface area contributed by atoms with Gasteiger partial charge in [-0.3, -0.25) is 9.36 Å². The number of hydrogen-bond donors (Lipinski definition) is 0. The van der Waals surface area contributed by atoms with E-state index in [4.69, 9.17) is 4.74 Å². The Morgan fingerprint density at radius 2 is 2.13 bits per heavy atom. The summed E-state index contributed by atoms with van der Waals surface area (Å²) in [4.78, 5) is 18.9. The molecule has 4 rings (SSSR count). The van der Waals surface area contributed by atoms with E-state index in [9.17, 15) is 18.0 Å². The van der Waals surface area contributed by atoms with Crippen molar-refractivity contribution in [3.05, 3.63) is 35.9 Å². The standard InChI is InChI=1S/C19H21F3N6O2/c1-3-30-18(29)14-9-23-17-13(10-24-26(17)2)16(14)27-7-4-5-12(11-27)28-8-6-15(25-28)19(20,21)22/h6,8-10,12H,3-5,7,11H2,1-2H3. The molecule has 11 heteroatoms. The molecule has 0 aromatic carbocycles. The fourth-order valence-electron chi connectivity index (χ4n) is 3.85. The zero-order valence-corrected chi connectivity index (χ0v) is 16.6. The molecule has 1 unspecified atom stereocenters. The Balaban J connectivity index is 1.71. The van der Waals surface area contributed by atoms with Crippen LogP contribution in [0.3, 0.4) is 0 Å². The molecule has 0 amide bonds. The average molecular weight is 422 g/mol. The van der Waals surface area contributed by atoms with Gasteiger partial charge in [0.25, 0.3) is 0 Å². The quantitative estimate of drug-likeness (QED) is 0.601. The minimum atomic E-state index is -4.48. The molecule has 30 heavy (non-hydrogen) atoms. The van der Waals surface area contributed by atoms with Crippen molar-refractivity contribution in [3.8, 4) is 0 Å². The SMILES string of the molecule is CCOC(=O)c1cnc2c(cnn2C)c1N1CCCC(n2ccc(C(F)(F)F)n2)C1. The van der Waals surface area contributed by atoms with E-state index < -0.39 is 17.8 Å². The lowest BCUT2D eigenvalue weighted by Gasteiger charge is -2.35. The number of rotatable bonds is 4. The summed E-state index contributed by atoms with van der Waals surface area (Å²) in [7, 11) is 1.75. The van der Waals surface area contributed by atoms with E-state index >= 15 is 0 Å². The van der Waals surface area contributed by atoms with E-state index in [0.29, 0.717) is 41.8 Å². The van der Waals surface area contributed by atoms with Gasteiger partial charge in [-0.15, -0.1) is 0 Å². The van der Waals surface area contributed by atoms with E-state index in [1.807, 2.05) is 4.90 Å². The molecule has 0 bridgehead atoms. The van der Waals surface area contributed by atoms with Gasteiger partial charge < -0.3 is 9.64 Å². The minimum Gasteiger partial charge on any atom is -0.462 e. The normalized spacial score (nSPS) is 17.5. The number of halogens is 3. The Morgan fingerprint density at radius 1 is 1.33 bits per heavy atom. The van der Waals surface area contributed by atoms with E-state index in [2.05, 4.69) is 15.2 Å². The molecule has 8 nitrogen and oxygen atoms in total. The number of fused-ring (bicyclic) bond motifs is 1. The third-order valence-electron chi connectivity index (χ3n) is 5.21. The molecule has 0 radical (unpaired) electrons. The first-order valence-corrected chi connectivity index (χ1v) is 9.64. The molecule has 0 saturated carbocycles. The second-order valence-corrected chi connectivity index (χ2v) is 7.17. The van der Waals surface area contributed by atoms with Gasteiger partial charge in [0, 0.05) is 32.5 Å². The van der Waals surface area contributed by atoms with Gasteiger partial charge in [0.1, 0.15) is 5.56 Å². The van der Waals surface area contributed by atoms with Gasteiger partial charge in [0.05, 0.1) is 29.9 Å². The maximum atomic E-state index is 12.9. The molecule has 0 aliphatic carbocycles. The summed E-state index contributed by atoms with van der Waals surface area (Å²) in [5.74, 6) is -0.494. The third-order valence-corrected chi connectivity index (χ3v) is 5.21. The lowest BCUT2D eigenvalue weighted by atomic mass is 10.0. The van der Waals surface area contributed by atoms with Gasteiger partial charge in [-0.05, 0) is 25.8 Å². The molecule has 1 saturated heterocycles. The van der Waals surface area contributed by atoms with E-state index in [0.717, 1.165) is 12.5 Å². The second kappa shape index (κ2) is 7.62. The molecule has 3 aromatic rings. The zero-order valence-electron chi connectivity index (χ0n) is 16.6. The highest BCUT2D eigenvalue weighted by atomic mass is 19.4. The number of aromatic nitrogens is 5. The van der Waals surface area contributed by atoms with Crippen LogP contribution >= 0.6 is 0 Å². The van der Waals surface area contributed by atoms with E-state index in [1.54, 1.807) is 24.9 Å². The van der Waals surface area contributed by atoms with Crippen molar-refractivity contribution in [2.75, 3.05) is 24.6 Å². The molecular weight excluding hydrogens is 401 g/mol. The number of anilines is 1. The van der Waals surface area contributed by atoms with Crippen LogP contribution in [0.25, 0.3) is 11.0 Å². The number of alkyl halides is 3. The van der Waals surface area contributed by atoms with Crippen molar-refractivity contribution >= 4 is 22.7 Å². The number of aryl methyl sites for hydroxylation is 1. The smallest absolute Gasteiger partial charge is 0.435 e. The number of esters is 1. The van der Waals surface area contributed by atoms with E-state index in [1.165, 1.54) is 17.1 Å². The van der Waals surface area contributed by atoms with Crippen molar-refractivity contribution in [2.24, 2.45) is 7.05 Å². The number of carbonyl (C=O) groups is 1. The van der Waals surface area contributed by atoms with Crippen LogP contribution in [0.5, 0.6) is 0 Å². The highest BCUT2D eigenvalue weighted by molar-refractivity contribution is 6.04. The van der Waals surface area contributed by atoms with E-state index in [-0.39, 0.29) is 12.6 Å². The first kappa shape index (κ1) is 20.2. The van der Waals surface area contributed by atoms with Crippen molar-refractivity contribution in [3.63, 3.8) is 0 Å². The number of pyridine rings is 1. The van der Waals surface area contributed by atoms with Crippen molar-refractivity contribution < 1.29 is 22.7 Å². The summed E-state index contributed by atoms with van der Waals surface area (Å²) in [6.45, 7) is 2.99. The monoisotopic (exact) mass is 422 g/mol. The predicted octanol–water partition coefficient (Wildman–Crippen LogP) is 3.20. The lowest BCUT2D eigenvalue weighted by molar-refractivity contribution is -0.141. The lowest BCUT2D eigenvalue weighted by Crippen LogP contribution is -2.38. The van der Waals surface area contributed by atoms with Crippen LogP contribution in [0, 0.1) is 0 Å². The summed E-state index contributed by atoms with van der Waals surface area (Å²) >= 11 is 0. The first-order valence-electron chi connectivity index (χ1n) is 9.64. The number of nitrogens with zero attached hydrogens (tertiary/aromatic N) is 6. The van der Waals surface area contributed by atoms with Crippen LogP contribution in [0.2, 0.25) is 0 Å². The summed E-state index contributed by atoms with van der Waals surface area (Å²) in [6.07, 6.45) is 1.40. The molecule has 0 spiro atoms. The Kier molecular flexibility index (Phi) is 5.12. The Morgan fingerprint density at radius 3 is 2.83 bits per heavy atom. The van der Waals surface area contributed by atoms with Crippen molar-refractivity contribution in [1.29, 1.82) is 0 Å². The highest BCUT2D eigenvalue weighted by Gasteiger charge is 2.35. The summed E-state index contributed by atoms with van der Waals surface area (Å²) in [5.41, 5.74) is 0.651. The van der Waals surface area contributed by atoms with Gasteiger partial charge in [-0.2, -0.15) is 23.4 Å². The Bertz CT molecular complexity index is 1070. The average Bonchev–Trinajstić information content (AvgIpc) is 3.35. The van der Waals surface area contributed by atoms with Gasteiger partial charge in [-0.1, -0.05) is 0 Å². The number of piperidine rings is 1. The molecule has 3 aromatic heterocycles. The second-order valence-electron chi connectivity index (χ2n) is 7.17. The zero-order chi connectivity index (χ0) is 21.5. The van der Waals surface area contributed by atoms with Crippen LogP contribution in [0.15, 0.2) is 24.7 Å². The van der Waals surface area contributed by atoms with Gasteiger partial charge in [0.2, 0.25) is 0 Å². The highest BCUT2D eigenvalue weighted by Crippen LogP contribution is 2.35. The topological polar surface area (TPSA) is 78.1 Å². The van der Waals surface area contributed by atoms with Gasteiger partial charge in [0.15, 0.2) is 11.3 Å². The Hall–Kier alpha value is -3.11. The molecule has 1 aliphatic rings. The van der Waals surface area contributed by atoms with Crippen LogP contribution in [-0.4, -0.2) is 50.2 Å². The van der Waals surface area contributed by atoms with Crippen LogP contribution in [-0.2, 0) is 18.0 Å². The van der Waals surface area contributed by atoms with Gasteiger partial charge in [-0.25, -0.2) is 9.78 Å². The Labute approximate surface area is 170 Å². The molecule has 1 atom stereocenters. The maximum Gasteiger partial charge on any atom is 0.435 e. The third kappa shape index (κ3) is 3.59. The summed E-state index contributed by atoms with van der Waals surface area (Å²) in [6, 6.07) is 0.721. The molecule has 160 valence electrons. The van der Waals surface area contributed by atoms with Gasteiger partial charge >= 0.3 is 12.1 Å². The molecule has 1 fully saturated rings. The van der Waals surface area contributed by atoms with Crippen LogP contribution in [0.1, 0.15) is 41.9 Å². The number of hydrogen-bond acceptors (Lipinski definition) is 6. The fourth-order valence-corrected chi connectivity index (χ4v) is 3.85. The predicted molar refractivity (Wildman–Crippen MR) is 102 cm³/mol. The molecule has 1 aliphatic heterocycles. The molecule has 4 heterocycles. The van der Waals surface area contributed by atoms with Crippen LogP contribution in [0.4, 0.5) is 18.9 Å². The fraction of sp³-hybridized carbons (Fsp3) is 0.474. The number of ether oxygens (including phenoxy) is 1. The van der Waals surface area contributed by atoms with Crippen molar-refractivity contribution in [2.45, 2.75) is 32.0 Å². The minimum absolute atomic E-state index is 0.222. The van der Waals surface area contributed by atoms with Crippen LogP contribution < -0.4 is 4.90 Å². The first-order chi connectivity index (χ1) is 14.3. The maximum absolute atomic E-state index is 12.9. The summed E-state index contributed by atoms with van der Waals surface area (Å²) < 4.78 is 47.0. The summed E-state index contributed by atoms with van der Waals surface area (Å²) in [5, 5.41) is 8.66. The largest absolute Gasteiger partial charge is 0.462 e. The molecular formula is C19H21F3N6O2. The van der Waals surface area contributed by atoms with Crippen molar-refractivity contribution in [1.82, 2.24) is 24.5 Å². The number of carbonyl (C=O) groups excluding carboxylic acids is 1. The molecule has 0 N–H and O–H groups in total.